The van der Waals surface area contributed by atoms with Gasteiger partial charge < -0.3 is 10.1 Å². The van der Waals surface area contributed by atoms with Crippen LogP contribution in [0.1, 0.15) is 12.5 Å². The number of nitrogens with one attached hydrogen (secondary N) is 1. The third-order valence-electron chi connectivity index (χ3n) is 2.07. The van der Waals surface area contributed by atoms with Crippen LogP contribution in [0, 0.1) is 0 Å². The van der Waals surface area contributed by atoms with Gasteiger partial charge in [0.1, 0.15) is 6.61 Å². The molecule has 15 heavy (non-hydrogen) atoms. The molecule has 1 N–H and O–H groups in total. The van der Waals surface area contributed by atoms with Crippen molar-refractivity contribution >= 4 is 5.91 Å². The van der Waals surface area contributed by atoms with Crippen LogP contribution in [0.2, 0.25) is 0 Å². The molecule has 1 atom stereocenters. The van der Waals surface area contributed by atoms with Crippen LogP contribution >= 0.6 is 0 Å². The van der Waals surface area contributed by atoms with Crippen molar-refractivity contribution in [3.63, 3.8) is 0 Å². The highest BCUT2D eigenvalue weighted by Gasteiger charge is 2.06. The normalized spacial score (nSPS) is 12.1. The topological polar surface area (TPSA) is 38.3 Å². The summed E-state index contributed by atoms with van der Waals surface area (Å²) < 4.78 is 4.74. The Labute approximate surface area is 90.4 Å². The van der Waals surface area contributed by atoms with E-state index in [4.69, 9.17) is 4.74 Å². The molecule has 0 heterocycles. The van der Waals surface area contributed by atoms with E-state index < -0.39 is 0 Å². The Kier molecular flexibility index (Phi) is 4.84. The lowest BCUT2D eigenvalue weighted by Gasteiger charge is -2.13. The van der Waals surface area contributed by atoms with Gasteiger partial charge in [0.15, 0.2) is 0 Å². The van der Waals surface area contributed by atoms with Crippen LogP contribution in [-0.2, 0) is 16.0 Å². The molecule has 3 heteroatoms. The molecule has 1 amide bonds. The van der Waals surface area contributed by atoms with Gasteiger partial charge in [0, 0.05) is 13.2 Å². The first-order valence-electron chi connectivity index (χ1n) is 5.04. The number of amides is 1. The van der Waals surface area contributed by atoms with Crippen LogP contribution in [0.15, 0.2) is 30.3 Å². The molecular formula is C12H17NO2. The molecule has 0 spiro atoms. The minimum absolute atomic E-state index is 0.0686. The predicted molar refractivity (Wildman–Crippen MR) is 59.6 cm³/mol. The Morgan fingerprint density at radius 2 is 2.07 bits per heavy atom. The van der Waals surface area contributed by atoms with Gasteiger partial charge in [-0.25, -0.2) is 0 Å². The second kappa shape index (κ2) is 6.19. The molecule has 0 bridgehead atoms. The van der Waals surface area contributed by atoms with E-state index in [1.807, 2.05) is 25.1 Å². The minimum Gasteiger partial charge on any atom is -0.375 e. The number of hydrogen-bond acceptors (Lipinski definition) is 2. The first kappa shape index (κ1) is 11.7. The monoisotopic (exact) mass is 207 g/mol. The molecule has 0 unspecified atom stereocenters. The number of hydrogen-bond donors (Lipinski definition) is 1. The zero-order valence-corrected chi connectivity index (χ0v) is 9.19. The molecule has 0 aliphatic rings. The molecule has 82 valence electrons. The average Bonchev–Trinajstić information content (AvgIpc) is 2.19. The summed E-state index contributed by atoms with van der Waals surface area (Å²) in [7, 11) is 1.52. The minimum atomic E-state index is -0.0686. The van der Waals surface area contributed by atoms with Crippen molar-refractivity contribution in [2.24, 2.45) is 0 Å². The van der Waals surface area contributed by atoms with Crippen molar-refractivity contribution in [1.29, 1.82) is 0 Å². The molecule has 0 fully saturated rings. The lowest BCUT2D eigenvalue weighted by molar-refractivity contribution is -0.125. The van der Waals surface area contributed by atoms with Gasteiger partial charge in [-0.05, 0) is 18.9 Å². The zero-order valence-electron chi connectivity index (χ0n) is 9.19. The first-order valence-corrected chi connectivity index (χ1v) is 5.04. The molecule has 3 nitrogen and oxygen atoms in total. The molecular weight excluding hydrogens is 190 g/mol. The molecule has 0 radical (unpaired) electrons. The Morgan fingerprint density at radius 3 is 2.67 bits per heavy atom. The van der Waals surface area contributed by atoms with Crippen LogP contribution in [0.25, 0.3) is 0 Å². The summed E-state index contributed by atoms with van der Waals surface area (Å²) in [6.45, 7) is 2.11. The highest BCUT2D eigenvalue weighted by molar-refractivity contribution is 5.77. The Hall–Kier alpha value is -1.35. The third-order valence-corrected chi connectivity index (χ3v) is 2.07. The van der Waals surface area contributed by atoms with E-state index in [-0.39, 0.29) is 18.6 Å². The lowest BCUT2D eigenvalue weighted by Crippen LogP contribution is -2.36. The zero-order chi connectivity index (χ0) is 11.1. The smallest absolute Gasteiger partial charge is 0.246 e. The van der Waals surface area contributed by atoms with E-state index in [1.54, 1.807) is 0 Å². The van der Waals surface area contributed by atoms with E-state index >= 15 is 0 Å². The summed E-state index contributed by atoms with van der Waals surface area (Å²) in [5.74, 6) is -0.0686. The summed E-state index contributed by atoms with van der Waals surface area (Å²) in [6.07, 6.45) is 0.844. The van der Waals surface area contributed by atoms with Crippen LogP contribution in [0.5, 0.6) is 0 Å². The van der Waals surface area contributed by atoms with E-state index in [9.17, 15) is 4.79 Å². The average molecular weight is 207 g/mol. The van der Waals surface area contributed by atoms with Crippen molar-refractivity contribution in [3.05, 3.63) is 35.9 Å². The van der Waals surface area contributed by atoms with Crippen molar-refractivity contribution in [1.82, 2.24) is 5.32 Å². The summed E-state index contributed by atoms with van der Waals surface area (Å²) in [5, 5.41) is 2.87. The lowest BCUT2D eigenvalue weighted by atomic mass is 10.1. The van der Waals surface area contributed by atoms with Crippen molar-refractivity contribution in [2.75, 3.05) is 13.7 Å². The Balaban J connectivity index is 2.36. The maximum absolute atomic E-state index is 11.2. The molecule has 0 saturated heterocycles. The van der Waals surface area contributed by atoms with Gasteiger partial charge in [0.05, 0.1) is 0 Å². The number of carbonyl (C=O) groups excluding carboxylic acids is 1. The molecule has 0 aliphatic carbocycles. The summed E-state index contributed by atoms with van der Waals surface area (Å²) in [5.41, 5.74) is 1.22. The summed E-state index contributed by atoms with van der Waals surface area (Å²) in [4.78, 5) is 11.2. The number of ether oxygens (including phenoxy) is 1. The van der Waals surface area contributed by atoms with Crippen molar-refractivity contribution in [2.45, 2.75) is 19.4 Å². The SMILES string of the molecule is COCC(=O)N[C@H](C)Cc1ccccc1. The Bertz CT molecular complexity index is 298. The molecule has 1 aromatic rings. The number of benzene rings is 1. The maximum Gasteiger partial charge on any atom is 0.246 e. The van der Waals surface area contributed by atoms with Gasteiger partial charge >= 0.3 is 0 Å². The van der Waals surface area contributed by atoms with Gasteiger partial charge in [-0.2, -0.15) is 0 Å². The van der Waals surface area contributed by atoms with Gasteiger partial charge in [0.2, 0.25) is 5.91 Å². The van der Waals surface area contributed by atoms with Gasteiger partial charge in [-0.1, -0.05) is 30.3 Å². The molecule has 1 rings (SSSR count). The first-order chi connectivity index (χ1) is 7.22. The molecule has 1 aromatic carbocycles. The quantitative estimate of drug-likeness (QED) is 0.792. The summed E-state index contributed by atoms with van der Waals surface area (Å²) in [6, 6.07) is 10.2. The fourth-order valence-electron chi connectivity index (χ4n) is 1.47. The number of carbonyl (C=O) groups is 1. The van der Waals surface area contributed by atoms with Crippen LogP contribution < -0.4 is 5.32 Å². The van der Waals surface area contributed by atoms with Crippen molar-refractivity contribution < 1.29 is 9.53 Å². The fraction of sp³-hybridized carbons (Fsp3) is 0.417. The van der Waals surface area contributed by atoms with Gasteiger partial charge in [0.25, 0.3) is 0 Å². The van der Waals surface area contributed by atoms with Gasteiger partial charge in [-0.3, -0.25) is 4.79 Å². The highest BCUT2D eigenvalue weighted by atomic mass is 16.5. The standard InChI is InChI=1S/C12H17NO2/c1-10(13-12(14)9-15-2)8-11-6-4-3-5-7-11/h3-7,10H,8-9H2,1-2H3,(H,13,14)/t10-/m1/s1. The molecule has 0 saturated carbocycles. The fourth-order valence-corrected chi connectivity index (χ4v) is 1.47. The van der Waals surface area contributed by atoms with Crippen LogP contribution in [0.3, 0.4) is 0 Å². The molecule has 0 aliphatic heterocycles. The van der Waals surface area contributed by atoms with Gasteiger partial charge in [-0.15, -0.1) is 0 Å². The summed E-state index contributed by atoms with van der Waals surface area (Å²) >= 11 is 0. The van der Waals surface area contributed by atoms with Crippen LogP contribution in [0.4, 0.5) is 0 Å². The number of methoxy groups -OCH3 is 1. The second-order valence-electron chi connectivity index (χ2n) is 3.59. The predicted octanol–water partition coefficient (Wildman–Crippen LogP) is 1.38. The Morgan fingerprint density at radius 1 is 1.40 bits per heavy atom. The van der Waals surface area contributed by atoms with E-state index in [2.05, 4.69) is 17.4 Å². The highest BCUT2D eigenvalue weighted by Crippen LogP contribution is 2.02. The van der Waals surface area contributed by atoms with E-state index in [0.29, 0.717) is 0 Å². The van der Waals surface area contributed by atoms with Crippen molar-refractivity contribution in [3.8, 4) is 0 Å². The second-order valence-corrected chi connectivity index (χ2v) is 3.59. The largest absolute Gasteiger partial charge is 0.375 e. The van der Waals surface area contributed by atoms with E-state index in [1.165, 1.54) is 12.7 Å². The third kappa shape index (κ3) is 4.61. The van der Waals surface area contributed by atoms with Crippen LogP contribution in [-0.4, -0.2) is 25.7 Å². The maximum atomic E-state index is 11.2. The molecule has 0 aromatic heterocycles. The van der Waals surface area contributed by atoms with E-state index in [0.717, 1.165) is 6.42 Å². The number of rotatable bonds is 5.